The number of hydrogen-bond donors (Lipinski definition) is 2. The van der Waals surface area contributed by atoms with Crippen LogP contribution in [0.3, 0.4) is 0 Å². The van der Waals surface area contributed by atoms with E-state index >= 15 is 0 Å². The van der Waals surface area contributed by atoms with Crippen molar-refractivity contribution in [1.82, 2.24) is 9.71 Å². The number of rotatable bonds is 5. The lowest BCUT2D eigenvalue weighted by molar-refractivity contribution is 0.0264. The summed E-state index contributed by atoms with van der Waals surface area (Å²) >= 11 is 0. The predicted octanol–water partition coefficient (Wildman–Crippen LogP) is 0.635. The SMILES string of the molecule is CC1(CNS(=O)(=O)c2cccnc2CN)CCOCC1. The van der Waals surface area contributed by atoms with Crippen molar-refractivity contribution in [3.8, 4) is 0 Å². The van der Waals surface area contributed by atoms with Gasteiger partial charge in [-0.25, -0.2) is 13.1 Å². The highest BCUT2D eigenvalue weighted by Gasteiger charge is 2.29. The lowest BCUT2D eigenvalue weighted by Gasteiger charge is -2.33. The van der Waals surface area contributed by atoms with Crippen LogP contribution in [0.25, 0.3) is 0 Å². The van der Waals surface area contributed by atoms with Crippen LogP contribution in [0.4, 0.5) is 0 Å². The van der Waals surface area contributed by atoms with Gasteiger partial charge in [0.25, 0.3) is 0 Å². The minimum Gasteiger partial charge on any atom is -0.381 e. The van der Waals surface area contributed by atoms with Crippen molar-refractivity contribution >= 4 is 10.0 Å². The number of hydrogen-bond acceptors (Lipinski definition) is 5. The highest BCUT2D eigenvalue weighted by atomic mass is 32.2. The van der Waals surface area contributed by atoms with Gasteiger partial charge in [0.15, 0.2) is 0 Å². The van der Waals surface area contributed by atoms with Gasteiger partial charge in [-0.2, -0.15) is 0 Å². The summed E-state index contributed by atoms with van der Waals surface area (Å²) in [4.78, 5) is 4.18. The average Bonchev–Trinajstić information content (AvgIpc) is 2.46. The topological polar surface area (TPSA) is 94.3 Å². The molecule has 0 aromatic carbocycles. The first-order valence-electron chi connectivity index (χ1n) is 6.68. The Morgan fingerprint density at radius 3 is 2.80 bits per heavy atom. The lowest BCUT2D eigenvalue weighted by atomic mass is 9.83. The molecular weight excluding hydrogens is 278 g/mol. The molecule has 2 heterocycles. The quantitative estimate of drug-likeness (QED) is 0.832. The molecular formula is C13H21N3O3S. The van der Waals surface area contributed by atoms with Crippen molar-refractivity contribution < 1.29 is 13.2 Å². The largest absolute Gasteiger partial charge is 0.381 e. The molecule has 6 nitrogen and oxygen atoms in total. The summed E-state index contributed by atoms with van der Waals surface area (Å²) in [5.74, 6) is 0. The molecule has 0 spiro atoms. The van der Waals surface area contributed by atoms with E-state index in [0.29, 0.717) is 25.5 Å². The van der Waals surface area contributed by atoms with Crippen molar-refractivity contribution in [2.75, 3.05) is 19.8 Å². The minimum atomic E-state index is -3.57. The average molecular weight is 299 g/mol. The van der Waals surface area contributed by atoms with Gasteiger partial charge in [0.1, 0.15) is 4.90 Å². The number of nitrogens with two attached hydrogens (primary N) is 1. The number of pyridine rings is 1. The van der Waals surface area contributed by atoms with Gasteiger partial charge in [0.2, 0.25) is 10.0 Å². The highest BCUT2D eigenvalue weighted by Crippen LogP contribution is 2.29. The smallest absolute Gasteiger partial charge is 0.242 e. The van der Waals surface area contributed by atoms with Gasteiger partial charge in [-0.15, -0.1) is 0 Å². The molecule has 0 amide bonds. The summed E-state index contributed by atoms with van der Waals surface area (Å²) < 4.78 is 32.7. The molecule has 0 atom stereocenters. The van der Waals surface area contributed by atoms with Crippen LogP contribution in [0.1, 0.15) is 25.5 Å². The van der Waals surface area contributed by atoms with Crippen LogP contribution in [0, 0.1) is 5.41 Å². The van der Waals surface area contributed by atoms with E-state index in [4.69, 9.17) is 10.5 Å². The van der Waals surface area contributed by atoms with Crippen LogP contribution in [-0.2, 0) is 21.3 Å². The molecule has 2 rings (SSSR count). The van der Waals surface area contributed by atoms with Gasteiger partial charge < -0.3 is 10.5 Å². The fraction of sp³-hybridized carbons (Fsp3) is 0.615. The summed E-state index contributed by atoms with van der Waals surface area (Å²) in [6.45, 7) is 3.93. The second kappa shape index (κ2) is 6.17. The predicted molar refractivity (Wildman–Crippen MR) is 75.5 cm³/mol. The molecule has 1 aliphatic rings. The van der Waals surface area contributed by atoms with Gasteiger partial charge in [-0.3, -0.25) is 4.98 Å². The summed E-state index contributed by atoms with van der Waals surface area (Å²) in [6.07, 6.45) is 3.25. The number of ether oxygens (including phenoxy) is 1. The zero-order valence-electron chi connectivity index (χ0n) is 11.6. The first kappa shape index (κ1) is 15.4. The monoisotopic (exact) mass is 299 g/mol. The Labute approximate surface area is 119 Å². The van der Waals surface area contributed by atoms with Gasteiger partial charge in [0.05, 0.1) is 5.69 Å². The molecule has 0 unspecified atom stereocenters. The highest BCUT2D eigenvalue weighted by molar-refractivity contribution is 7.89. The third-order valence-corrected chi connectivity index (χ3v) is 5.20. The summed E-state index contributed by atoms with van der Waals surface area (Å²) in [7, 11) is -3.57. The van der Waals surface area contributed by atoms with E-state index in [-0.39, 0.29) is 16.9 Å². The Morgan fingerprint density at radius 1 is 1.45 bits per heavy atom. The molecule has 0 aliphatic carbocycles. The Kier molecular flexibility index (Phi) is 4.74. The fourth-order valence-electron chi connectivity index (χ4n) is 2.21. The van der Waals surface area contributed by atoms with Crippen molar-refractivity contribution in [3.05, 3.63) is 24.0 Å². The molecule has 112 valence electrons. The van der Waals surface area contributed by atoms with Gasteiger partial charge >= 0.3 is 0 Å². The van der Waals surface area contributed by atoms with Crippen LogP contribution >= 0.6 is 0 Å². The second-order valence-electron chi connectivity index (χ2n) is 5.40. The van der Waals surface area contributed by atoms with E-state index in [0.717, 1.165) is 12.8 Å². The second-order valence-corrected chi connectivity index (χ2v) is 7.14. The van der Waals surface area contributed by atoms with Crippen LogP contribution in [0.5, 0.6) is 0 Å². The molecule has 20 heavy (non-hydrogen) atoms. The van der Waals surface area contributed by atoms with E-state index in [9.17, 15) is 8.42 Å². The maximum Gasteiger partial charge on any atom is 0.242 e. The van der Waals surface area contributed by atoms with Crippen molar-refractivity contribution in [3.63, 3.8) is 0 Å². The lowest BCUT2D eigenvalue weighted by Crippen LogP contribution is -2.39. The Balaban J connectivity index is 2.11. The van der Waals surface area contributed by atoms with E-state index in [2.05, 4.69) is 16.6 Å². The first-order chi connectivity index (χ1) is 9.47. The van der Waals surface area contributed by atoms with Crippen LogP contribution in [0.15, 0.2) is 23.2 Å². The van der Waals surface area contributed by atoms with E-state index < -0.39 is 10.0 Å². The zero-order chi connectivity index (χ0) is 14.6. The molecule has 1 aromatic rings. The molecule has 1 aliphatic heterocycles. The van der Waals surface area contributed by atoms with Crippen LogP contribution in [0.2, 0.25) is 0 Å². The summed E-state index contributed by atoms with van der Waals surface area (Å²) in [6, 6.07) is 3.13. The van der Waals surface area contributed by atoms with Gasteiger partial charge in [0, 0.05) is 32.5 Å². The molecule has 0 bridgehead atoms. The van der Waals surface area contributed by atoms with Gasteiger partial charge in [-0.1, -0.05) is 6.92 Å². The van der Waals surface area contributed by atoms with Crippen LogP contribution < -0.4 is 10.5 Å². The van der Waals surface area contributed by atoms with Crippen molar-refractivity contribution in [2.24, 2.45) is 11.1 Å². The first-order valence-corrected chi connectivity index (χ1v) is 8.17. The number of sulfonamides is 1. The Hall–Kier alpha value is -1.02. The van der Waals surface area contributed by atoms with E-state index in [1.807, 2.05) is 0 Å². The van der Waals surface area contributed by atoms with Gasteiger partial charge in [-0.05, 0) is 30.4 Å². The maximum atomic E-state index is 12.4. The Bertz CT molecular complexity index is 554. The standard InChI is InChI=1S/C13H21N3O3S/c1-13(4-7-19-8-5-13)10-16-20(17,18)12-3-2-6-15-11(12)9-14/h2-3,6,16H,4-5,7-10,14H2,1H3. The molecule has 7 heteroatoms. The Morgan fingerprint density at radius 2 is 2.15 bits per heavy atom. The van der Waals surface area contributed by atoms with E-state index in [1.165, 1.54) is 6.07 Å². The van der Waals surface area contributed by atoms with E-state index in [1.54, 1.807) is 12.3 Å². The molecule has 0 saturated carbocycles. The fourth-order valence-corrected chi connectivity index (χ4v) is 3.61. The minimum absolute atomic E-state index is 0.0591. The van der Waals surface area contributed by atoms with Crippen molar-refractivity contribution in [1.29, 1.82) is 0 Å². The molecule has 1 aromatic heterocycles. The number of nitrogens with one attached hydrogen (secondary N) is 1. The number of nitrogens with zero attached hydrogens (tertiary/aromatic N) is 1. The third kappa shape index (κ3) is 3.54. The molecule has 1 fully saturated rings. The van der Waals surface area contributed by atoms with Crippen molar-refractivity contribution in [2.45, 2.75) is 31.2 Å². The normalized spacial score (nSPS) is 18.9. The molecule has 0 radical (unpaired) electrons. The molecule has 3 N–H and O–H groups in total. The maximum absolute atomic E-state index is 12.4. The zero-order valence-corrected chi connectivity index (χ0v) is 12.4. The molecule has 1 saturated heterocycles. The number of aromatic nitrogens is 1. The summed E-state index contributed by atoms with van der Waals surface area (Å²) in [5, 5.41) is 0. The summed E-state index contributed by atoms with van der Waals surface area (Å²) in [5.41, 5.74) is 5.87. The van der Waals surface area contributed by atoms with Crippen LogP contribution in [-0.4, -0.2) is 33.2 Å². The third-order valence-electron chi connectivity index (χ3n) is 3.72.